The minimum absolute atomic E-state index is 0.0910. The van der Waals surface area contributed by atoms with E-state index in [4.69, 9.17) is 14.7 Å². The molecule has 138 valence electrons. The van der Waals surface area contributed by atoms with Gasteiger partial charge in [-0.1, -0.05) is 30.3 Å². The molecule has 0 radical (unpaired) electrons. The third-order valence-corrected chi connectivity index (χ3v) is 5.08. The van der Waals surface area contributed by atoms with Crippen LogP contribution in [0.1, 0.15) is 11.3 Å². The second kappa shape index (κ2) is 7.55. The van der Waals surface area contributed by atoms with Gasteiger partial charge in [0.2, 0.25) is 0 Å². The van der Waals surface area contributed by atoms with Crippen molar-refractivity contribution >= 4 is 22.3 Å². The summed E-state index contributed by atoms with van der Waals surface area (Å²) in [5.41, 5.74) is 3.11. The van der Waals surface area contributed by atoms with Gasteiger partial charge in [0.15, 0.2) is 16.5 Å². The minimum atomic E-state index is -0.419. The van der Waals surface area contributed by atoms with Crippen molar-refractivity contribution in [2.24, 2.45) is 0 Å². The fourth-order valence-corrected chi connectivity index (χ4v) is 3.71. The molecule has 2 heterocycles. The smallest absolute Gasteiger partial charge is 0.317 e. The molecule has 28 heavy (non-hydrogen) atoms. The summed E-state index contributed by atoms with van der Waals surface area (Å²) in [4.78, 5) is 17.9. The Kier molecular flexibility index (Phi) is 4.79. The number of nitriles is 1. The summed E-state index contributed by atoms with van der Waals surface area (Å²) < 4.78 is 12.6. The molecular formula is C21H15N3O3S. The Morgan fingerprint density at radius 3 is 2.79 bits per heavy atom. The van der Waals surface area contributed by atoms with Gasteiger partial charge in [0.1, 0.15) is 0 Å². The predicted octanol–water partition coefficient (Wildman–Crippen LogP) is 4.09. The first-order valence-electron chi connectivity index (χ1n) is 8.47. The molecule has 0 aliphatic rings. The first kappa shape index (κ1) is 17.8. The molecule has 0 aliphatic heterocycles. The summed E-state index contributed by atoms with van der Waals surface area (Å²) in [6.45, 7) is 0. The van der Waals surface area contributed by atoms with Crippen LogP contribution in [0.15, 0.2) is 60.1 Å². The van der Waals surface area contributed by atoms with Crippen molar-refractivity contribution in [1.29, 1.82) is 5.26 Å². The average Bonchev–Trinajstić information content (AvgIpc) is 3.31. The number of benzene rings is 2. The number of carbonyl (C=O) groups is 1. The third-order valence-electron chi connectivity index (χ3n) is 4.19. The van der Waals surface area contributed by atoms with E-state index >= 15 is 0 Å². The molecule has 0 saturated heterocycles. The molecule has 2 aromatic heterocycles. The van der Waals surface area contributed by atoms with E-state index in [-0.39, 0.29) is 12.2 Å². The predicted molar refractivity (Wildman–Crippen MR) is 106 cm³/mol. The van der Waals surface area contributed by atoms with E-state index in [1.165, 1.54) is 24.5 Å². The SMILES string of the molecule is COc1cc(C#N)ccc1OC(=O)Cc1csc2nc(-c3ccccc3)cn12. The lowest BCUT2D eigenvalue weighted by molar-refractivity contribution is -0.133. The fraction of sp³-hybridized carbons (Fsp3) is 0.0952. The van der Waals surface area contributed by atoms with Crippen LogP contribution >= 0.6 is 11.3 Å². The van der Waals surface area contributed by atoms with Crippen LogP contribution < -0.4 is 9.47 Å². The second-order valence-electron chi connectivity index (χ2n) is 6.00. The summed E-state index contributed by atoms with van der Waals surface area (Å²) >= 11 is 1.47. The lowest BCUT2D eigenvalue weighted by Crippen LogP contribution is -2.13. The number of aromatic nitrogens is 2. The van der Waals surface area contributed by atoms with Gasteiger partial charge >= 0.3 is 5.97 Å². The summed E-state index contributed by atoms with van der Waals surface area (Å²) in [6, 6.07) is 16.6. The highest BCUT2D eigenvalue weighted by Crippen LogP contribution is 2.29. The number of hydrogen-bond donors (Lipinski definition) is 0. The molecule has 4 rings (SSSR count). The highest BCUT2D eigenvalue weighted by Gasteiger charge is 2.16. The van der Waals surface area contributed by atoms with Crippen LogP contribution in [-0.2, 0) is 11.2 Å². The Bertz CT molecular complexity index is 1190. The number of hydrogen-bond acceptors (Lipinski definition) is 6. The maximum atomic E-state index is 12.5. The zero-order chi connectivity index (χ0) is 19.5. The number of carbonyl (C=O) groups excluding carboxylic acids is 1. The van der Waals surface area contributed by atoms with Crippen LogP contribution in [0.5, 0.6) is 11.5 Å². The summed E-state index contributed by atoms with van der Waals surface area (Å²) in [5, 5.41) is 10.9. The highest BCUT2D eigenvalue weighted by molar-refractivity contribution is 7.15. The number of thiazole rings is 1. The Morgan fingerprint density at radius 1 is 1.21 bits per heavy atom. The zero-order valence-electron chi connectivity index (χ0n) is 15.0. The molecule has 0 bridgehead atoms. The summed E-state index contributed by atoms with van der Waals surface area (Å²) in [6.07, 6.45) is 2.01. The second-order valence-corrected chi connectivity index (χ2v) is 6.84. The zero-order valence-corrected chi connectivity index (χ0v) is 15.8. The van der Waals surface area contributed by atoms with Crippen molar-refractivity contribution in [3.8, 4) is 28.8 Å². The van der Waals surface area contributed by atoms with Gasteiger partial charge in [0, 0.05) is 28.9 Å². The van der Waals surface area contributed by atoms with Gasteiger partial charge in [-0.25, -0.2) is 4.98 Å². The number of esters is 1. The number of nitrogens with zero attached hydrogens (tertiary/aromatic N) is 3. The first-order valence-corrected chi connectivity index (χ1v) is 9.35. The van der Waals surface area contributed by atoms with Crippen molar-refractivity contribution in [2.45, 2.75) is 6.42 Å². The van der Waals surface area contributed by atoms with Crippen molar-refractivity contribution in [3.05, 3.63) is 71.4 Å². The molecule has 7 heteroatoms. The minimum Gasteiger partial charge on any atom is -0.493 e. The van der Waals surface area contributed by atoms with Crippen LogP contribution in [-0.4, -0.2) is 22.5 Å². The topological polar surface area (TPSA) is 76.6 Å². The number of methoxy groups -OCH3 is 1. The molecular weight excluding hydrogens is 374 g/mol. The van der Waals surface area contributed by atoms with Crippen molar-refractivity contribution in [2.75, 3.05) is 7.11 Å². The monoisotopic (exact) mass is 389 g/mol. The van der Waals surface area contributed by atoms with E-state index in [1.54, 1.807) is 12.1 Å². The standard InChI is InChI=1S/C21H15N3O3S/c1-26-19-9-14(11-22)7-8-18(19)27-20(25)10-16-13-28-21-23-17(12-24(16)21)15-5-3-2-4-6-15/h2-9,12-13H,10H2,1H3. The maximum absolute atomic E-state index is 12.5. The molecule has 0 spiro atoms. The Labute approximate surface area is 165 Å². The van der Waals surface area contributed by atoms with Gasteiger partial charge in [-0.3, -0.25) is 9.20 Å². The maximum Gasteiger partial charge on any atom is 0.317 e. The lowest BCUT2D eigenvalue weighted by Gasteiger charge is -2.09. The number of ether oxygens (including phenoxy) is 2. The van der Waals surface area contributed by atoms with Gasteiger partial charge in [0.25, 0.3) is 0 Å². The van der Waals surface area contributed by atoms with E-state index in [0.717, 1.165) is 21.9 Å². The fourth-order valence-electron chi connectivity index (χ4n) is 2.83. The highest BCUT2D eigenvalue weighted by atomic mass is 32.1. The Balaban J connectivity index is 1.55. The molecule has 6 nitrogen and oxygen atoms in total. The van der Waals surface area contributed by atoms with Gasteiger partial charge in [-0.2, -0.15) is 5.26 Å². The molecule has 2 aromatic carbocycles. The van der Waals surface area contributed by atoms with Crippen LogP contribution in [0.2, 0.25) is 0 Å². The number of rotatable bonds is 5. The molecule has 0 amide bonds. The molecule has 0 unspecified atom stereocenters. The quantitative estimate of drug-likeness (QED) is 0.379. The van der Waals surface area contributed by atoms with Crippen LogP contribution in [0, 0.1) is 11.3 Å². The third kappa shape index (κ3) is 3.46. The molecule has 4 aromatic rings. The Hall–Kier alpha value is -3.63. The first-order chi connectivity index (χ1) is 13.7. The van der Waals surface area contributed by atoms with Gasteiger partial charge in [-0.05, 0) is 12.1 Å². The average molecular weight is 389 g/mol. The van der Waals surface area contributed by atoms with E-state index < -0.39 is 5.97 Å². The van der Waals surface area contributed by atoms with E-state index in [1.807, 2.05) is 52.4 Å². The van der Waals surface area contributed by atoms with Gasteiger partial charge in [-0.15, -0.1) is 11.3 Å². The van der Waals surface area contributed by atoms with E-state index in [9.17, 15) is 4.79 Å². The Morgan fingerprint density at radius 2 is 2.04 bits per heavy atom. The summed E-state index contributed by atoms with van der Waals surface area (Å²) in [7, 11) is 1.47. The number of fused-ring (bicyclic) bond motifs is 1. The van der Waals surface area contributed by atoms with Crippen molar-refractivity contribution in [3.63, 3.8) is 0 Å². The molecule has 0 aliphatic carbocycles. The van der Waals surface area contributed by atoms with Crippen LogP contribution in [0.3, 0.4) is 0 Å². The lowest BCUT2D eigenvalue weighted by atomic mass is 10.2. The molecule has 0 fully saturated rings. The molecule has 0 atom stereocenters. The van der Waals surface area contributed by atoms with Crippen LogP contribution in [0.4, 0.5) is 0 Å². The van der Waals surface area contributed by atoms with Crippen molar-refractivity contribution < 1.29 is 14.3 Å². The van der Waals surface area contributed by atoms with E-state index in [0.29, 0.717) is 11.3 Å². The number of imidazole rings is 1. The normalized spacial score (nSPS) is 10.6. The van der Waals surface area contributed by atoms with Crippen LogP contribution in [0.25, 0.3) is 16.2 Å². The van der Waals surface area contributed by atoms with Gasteiger partial charge in [0.05, 0.1) is 30.9 Å². The van der Waals surface area contributed by atoms with E-state index in [2.05, 4.69) is 4.98 Å². The molecule has 0 N–H and O–H groups in total. The van der Waals surface area contributed by atoms with Gasteiger partial charge < -0.3 is 9.47 Å². The summed E-state index contributed by atoms with van der Waals surface area (Å²) in [5.74, 6) is 0.211. The largest absolute Gasteiger partial charge is 0.493 e. The van der Waals surface area contributed by atoms with Crippen molar-refractivity contribution in [1.82, 2.24) is 9.38 Å². The molecule has 0 saturated carbocycles.